The Kier molecular flexibility index (Phi) is 21.7. The highest BCUT2D eigenvalue weighted by molar-refractivity contribution is 5.89. The largest absolute Gasteiger partial charge is 0.502 e. The van der Waals surface area contributed by atoms with Crippen LogP contribution in [0.15, 0.2) is 54.6 Å². The van der Waals surface area contributed by atoms with Gasteiger partial charge in [-0.2, -0.15) is 0 Å². The molecule has 3 heterocycles. The molecule has 3 aliphatic heterocycles. The predicted molar refractivity (Wildman–Crippen MR) is 269 cm³/mol. The molecule has 3 aromatic rings. The van der Waals surface area contributed by atoms with Gasteiger partial charge in [0.05, 0.1) is 63.0 Å². The number of methoxy groups -OCH3 is 7. The van der Waals surface area contributed by atoms with Crippen molar-refractivity contribution in [1.29, 1.82) is 0 Å². The summed E-state index contributed by atoms with van der Waals surface area (Å²) < 4.78 is 83.6. The lowest BCUT2D eigenvalue weighted by Crippen LogP contribution is -2.66. The fourth-order valence-electron chi connectivity index (χ4n) is 8.61. The molecule has 0 amide bonds. The highest BCUT2D eigenvalue weighted by atomic mass is 16.8. The van der Waals surface area contributed by atoms with Crippen LogP contribution in [0.1, 0.15) is 16.7 Å². The van der Waals surface area contributed by atoms with Gasteiger partial charge in [0.2, 0.25) is 23.0 Å². The van der Waals surface area contributed by atoms with Gasteiger partial charge in [-0.25, -0.2) is 14.4 Å². The SMILES string of the molecule is COc1cc(C=CC(=O)OCC2OC(OC3(CO)OC(CO)C(OC(=O)C=Cc4cc(OC)c(O)c(OC)c4)C3OC(=O)C=Cc3cc(OC)c(OC)c(OC)c3)C(OC3OC(CO)C(O)C(O)C3O)C(O)C2O)cc(OC)c1O. The maximum absolute atomic E-state index is 14.0. The summed E-state index contributed by atoms with van der Waals surface area (Å²) in [7, 11) is 9.23. The first kappa shape index (κ1) is 62.2. The van der Waals surface area contributed by atoms with Crippen molar-refractivity contribution >= 4 is 36.1 Å². The van der Waals surface area contributed by atoms with E-state index in [-0.39, 0.29) is 57.3 Å². The van der Waals surface area contributed by atoms with Crippen molar-refractivity contribution < 1.29 is 137 Å². The van der Waals surface area contributed by atoms with Crippen molar-refractivity contribution in [3.63, 3.8) is 0 Å². The second-order valence-electron chi connectivity index (χ2n) is 17.6. The summed E-state index contributed by atoms with van der Waals surface area (Å²) in [6.45, 7) is -4.22. The number of aliphatic hydroxyl groups excluding tert-OH is 8. The highest BCUT2D eigenvalue weighted by Gasteiger charge is 2.63. The quantitative estimate of drug-likeness (QED) is 0.0283. The number of hydrogen-bond donors (Lipinski definition) is 10. The van der Waals surface area contributed by atoms with Crippen LogP contribution in [0, 0.1) is 0 Å². The molecule has 0 saturated carbocycles. The van der Waals surface area contributed by atoms with E-state index in [4.69, 9.17) is 71.1 Å². The molecule has 28 heteroatoms. The minimum absolute atomic E-state index is 0.00706. The lowest BCUT2D eigenvalue weighted by atomic mass is 9.97. The third-order valence-electron chi connectivity index (χ3n) is 12.8. The number of esters is 3. The Labute approximate surface area is 456 Å². The van der Waals surface area contributed by atoms with Gasteiger partial charge < -0.3 is 122 Å². The molecular formula is C52H64O28. The van der Waals surface area contributed by atoms with E-state index < -0.39 is 130 Å². The van der Waals surface area contributed by atoms with E-state index in [0.717, 1.165) is 18.2 Å². The van der Waals surface area contributed by atoms with Crippen molar-refractivity contribution in [3.8, 4) is 51.7 Å². The van der Waals surface area contributed by atoms with Gasteiger partial charge >= 0.3 is 17.9 Å². The average molecular weight is 1140 g/mol. The van der Waals surface area contributed by atoms with Gasteiger partial charge in [-0.3, -0.25) is 0 Å². The fourth-order valence-corrected chi connectivity index (χ4v) is 8.61. The van der Waals surface area contributed by atoms with Gasteiger partial charge in [0.15, 0.2) is 59.3 Å². The van der Waals surface area contributed by atoms with Crippen LogP contribution in [-0.2, 0) is 52.3 Å². The van der Waals surface area contributed by atoms with Crippen LogP contribution in [0.2, 0.25) is 0 Å². The topological polar surface area (TPSA) is 392 Å². The van der Waals surface area contributed by atoms with Crippen molar-refractivity contribution in [2.75, 3.05) is 76.2 Å². The third kappa shape index (κ3) is 13.9. The molecule has 440 valence electrons. The zero-order valence-electron chi connectivity index (χ0n) is 44.1. The molecule has 0 bridgehead atoms. The maximum atomic E-state index is 14.0. The fraction of sp³-hybridized carbons (Fsp3) is 0.481. The number of rotatable bonds is 24. The van der Waals surface area contributed by atoms with Crippen molar-refractivity contribution in [1.82, 2.24) is 0 Å². The summed E-state index contributed by atoms with van der Waals surface area (Å²) in [4.78, 5) is 40.9. The second kappa shape index (κ2) is 27.9. The molecule has 10 N–H and O–H groups in total. The molecule has 0 radical (unpaired) electrons. The van der Waals surface area contributed by atoms with Crippen LogP contribution in [-0.4, -0.2) is 231 Å². The van der Waals surface area contributed by atoms with E-state index in [1.165, 1.54) is 104 Å². The molecule has 3 aromatic carbocycles. The molecule has 3 fully saturated rings. The average Bonchev–Trinajstić information content (AvgIpc) is 3.78. The van der Waals surface area contributed by atoms with Crippen molar-refractivity contribution in [3.05, 3.63) is 71.3 Å². The van der Waals surface area contributed by atoms with Crippen LogP contribution >= 0.6 is 0 Å². The summed E-state index contributed by atoms with van der Waals surface area (Å²) in [5.41, 5.74) is 0.850. The molecule has 14 unspecified atom stereocenters. The Morgan fingerprint density at radius 3 is 1.40 bits per heavy atom. The summed E-state index contributed by atoms with van der Waals surface area (Å²) in [5.74, 6) is -6.38. The molecule has 3 saturated heterocycles. The summed E-state index contributed by atoms with van der Waals surface area (Å²) >= 11 is 0. The molecule has 6 rings (SSSR count). The van der Waals surface area contributed by atoms with E-state index in [2.05, 4.69) is 0 Å². The Hall–Kier alpha value is -7.03. The molecule has 0 aromatic heterocycles. The zero-order valence-corrected chi connectivity index (χ0v) is 44.1. The Bertz CT molecular complexity index is 2620. The number of ether oxygens (including phenoxy) is 15. The van der Waals surface area contributed by atoms with Crippen LogP contribution in [0.25, 0.3) is 18.2 Å². The summed E-state index contributed by atoms with van der Waals surface area (Å²) in [6.07, 6.45) is -19.5. The van der Waals surface area contributed by atoms with Gasteiger partial charge in [-0.05, 0) is 71.3 Å². The smallest absolute Gasteiger partial charge is 0.331 e. The molecule has 80 heavy (non-hydrogen) atoms. The predicted octanol–water partition coefficient (Wildman–Crippen LogP) is -1.31. The number of phenols is 2. The van der Waals surface area contributed by atoms with E-state index in [9.17, 15) is 65.4 Å². The van der Waals surface area contributed by atoms with Crippen LogP contribution in [0.5, 0.6) is 51.7 Å². The minimum atomic E-state index is -2.85. The van der Waals surface area contributed by atoms with Gasteiger partial charge in [-0.1, -0.05) is 0 Å². The number of aromatic hydroxyl groups is 2. The van der Waals surface area contributed by atoms with E-state index >= 15 is 0 Å². The normalized spacial score (nSPS) is 28.6. The number of phenolic OH excluding ortho intramolecular Hbond substituents is 2. The number of benzene rings is 3. The van der Waals surface area contributed by atoms with Crippen LogP contribution in [0.4, 0.5) is 0 Å². The molecule has 3 aliphatic rings. The van der Waals surface area contributed by atoms with Gasteiger partial charge in [-0.15, -0.1) is 0 Å². The van der Waals surface area contributed by atoms with Crippen LogP contribution in [0.3, 0.4) is 0 Å². The zero-order chi connectivity index (χ0) is 58.6. The number of carbonyl (C=O) groups excluding carboxylic acids is 3. The Morgan fingerprint density at radius 2 is 0.950 bits per heavy atom. The van der Waals surface area contributed by atoms with E-state index in [0.29, 0.717) is 11.1 Å². The first-order chi connectivity index (χ1) is 38.3. The Morgan fingerprint density at radius 1 is 0.512 bits per heavy atom. The lowest BCUT2D eigenvalue weighted by molar-refractivity contribution is -0.408. The highest BCUT2D eigenvalue weighted by Crippen LogP contribution is 2.43. The number of hydrogen-bond acceptors (Lipinski definition) is 28. The summed E-state index contributed by atoms with van der Waals surface area (Å²) in [5, 5.41) is 108. The molecule has 0 aliphatic carbocycles. The first-order valence-electron chi connectivity index (χ1n) is 24.1. The van der Waals surface area contributed by atoms with Gasteiger partial charge in [0.25, 0.3) is 0 Å². The van der Waals surface area contributed by atoms with Gasteiger partial charge in [0, 0.05) is 18.2 Å². The first-order valence-corrected chi connectivity index (χ1v) is 24.1. The van der Waals surface area contributed by atoms with Crippen molar-refractivity contribution in [2.45, 2.75) is 85.5 Å². The number of aliphatic hydroxyl groups is 8. The minimum Gasteiger partial charge on any atom is -0.502 e. The second-order valence-corrected chi connectivity index (χ2v) is 17.6. The van der Waals surface area contributed by atoms with Gasteiger partial charge in [0.1, 0.15) is 68.1 Å². The third-order valence-corrected chi connectivity index (χ3v) is 12.8. The van der Waals surface area contributed by atoms with Crippen molar-refractivity contribution in [2.24, 2.45) is 0 Å². The van der Waals surface area contributed by atoms with Crippen LogP contribution < -0.4 is 33.2 Å². The molecule has 0 spiro atoms. The lowest BCUT2D eigenvalue weighted by Gasteiger charge is -2.47. The number of carbonyl (C=O) groups is 3. The molecule has 14 atom stereocenters. The maximum Gasteiger partial charge on any atom is 0.331 e. The summed E-state index contributed by atoms with van der Waals surface area (Å²) in [6, 6.07) is 8.41. The van der Waals surface area contributed by atoms with E-state index in [1.807, 2.05) is 0 Å². The molecular weight excluding hydrogens is 1070 g/mol. The standard InChI is InChI=1S/C52H64O28/c1-66-27-14-24(15-28(67-2)39(27)59)8-11-36(56)73-22-35-42(62)44(64)48(78-50-45(65)43(63)41(61)33(20-53)74-50)51(75-35)80-52(23-55)49(77-38(58)13-10-26-18-31(70-5)46(72-7)32(19-26)71-6)47(34(21-54)79-52)76-37(57)12-9-25-16-29(68-3)40(60)30(17-25)69-4/h8-19,33-35,41-45,47-51,53-55,59-65H,20-23H2,1-7H3. The monoisotopic (exact) mass is 1140 g/mol. The molecule has 28 nitrogen and oxygen atoms in total. The van der Waals surface area contributed by atoms with E-state index in [1.54, 1.807) is 0 Å². The Balaban J connectivity index is 1.38.